The fourth-order valence-electron chi connectivity index (χ4n) is 1.24. The second-order valence-electron chi connectivity index (χ2n) is 2.94. The summed E-state index contributed by atoms with van der Waals surface area (Å²) in [5.74, 6) is 0. The third-order valence-corrected chi connectivity index (χ3v) is 2.72. The molecule has 2 heterocycles. The van der Waals surface area contributed by atoms with Gasteiger partial charge in [0, 0.05) is 17.1 Å². The summed E-state index contributed by atoms with van der Waals surface area (Å²) in [4.78, 5) is 15.0. The molecule has 0 spiro atoms. The molecule has 7 heteroatoms. The molecule has 0 bridgehead atoms. The average Bonchev–Trinajstić information content (AvgIpc) is 2.57. The Kier molecular flexibility index (Phi) is 2.07. The molecular formula is C8H5F3N2OS. The van der Waals surface area contributed by atoms with Gasteiger partial charge in [0.25, 0.3) is 5.56 Å². The Hall–Kier alpha value is -1.37. The molecule has 0 saturated heterocycles. The van der Waals surface area contributed by atoms with Crippen molar-refractivity contribution in [2.45, 2.75) is 13.1 Å². The van der Waals surface area contributed by atoms with Gasteiger partial charge in [-0.15, -0.1) is 11.3 Å². The number of thiazole rings is 1. The molecule has 0 fully saturated rings. The van der Waals surface area contributed by atoms with Crippen LogP contribution in [0.1, 0.15) is 11.3 Å². The van der Waals surface area contributed by atoms with Crippen LogP contribution in [0.25, 0.3) is 4.96 Å². The topological polar surface area (TPSA) is 34.4 Å². The molecular weight excluding hydrogens is 229 g/mol. The molecule has 2 aromatic heterocycles. The Morgan fingerprint density at radius 3 is 2.73 bits per heavy atom. The standard InChI is InChI=1S/C8H5F3N2OS/c1-4-5(8(9,10)11)12-7-13(6(4)14)2-3-15-7/h2-3H,1H3. The van der Waals surface area contributed by atoms with E-state index in [0.29, 0.717) is 0 Å². The summed E-state index contributed by atoms with van der Waals surface area (Å²) in [5.41, 5.74) is -2.15. The zero-order chi connectivity index (χ0) is 11.2. The highest BCUT2D eigenvalue weighted by Crippen LogP contribution is 2.29. The Morgan fingerprint density at radius 1 is 1.47 bits per heavy atom. The lowest BCUT2D eigenvalue weighted by atomic mass is 10.2. The number of hydrogen-bond acceptors (Lipinski definition) is 3. The van der Waals surface area contributed by atoms with Crippen LogP contribution in [0.2, 0.25) is 0 Å². The molecule has 2 aromatic rings. The largest absolute Gasteiger partial charge is 0.433 e. The monoisotopic (exact) mass is 234 g/mol. The lowest BCUT2D eigenvalue weighted by molar-refractivity contribution is -0.141. The SMILES string of the molecule is Cc1c(C(F)(F)F)nc2sccn2c1=O. The van der Waals surface area contributed by atoms with Gasteiger partial charge >= 0.3 is 6.18 Å². The zero-order valence-electron chi connectivity index (χ0n) is 7.50. The second kappa shape index (κ2) is 3.06. The minimum atomic E-state index is -4.58. The molecule has 0 aromatic carbocycles. The van der Waals surface area contributed by atoms with Gasteiger partial charge in [-0.25, -0.2) is 4.98 Å². The number of aromatic nitrogens is 2. The molecule has 15 heavy (non-hydrogen) atoms. The number of alkyl halides is 3. The highest BCUT2D eigenvalue weighted by molar-refractivity contribution is 7.15. The van der Waals surface area contributed by atoms with Crippen LogP contribution in [-0.4, -0.2) is 9.38 Å². The molecule has 80 valence electrons. The minimum absolute atomic E-state index is 0.0536. The fraction of sp³-hybridized carbons (Fsp3) is 0.250. The molecule has 0 aliphatic rings. The van der Waals surface area contributed by atoms with Crippen molar-refractivity contribution in [3.8, 4) is 0 Å². The molecule has 0 aliphatic heterocycles. The highest BCUT2D eigenvalue weighted by atomic mass is 32.1. The van der Waals surface area contributed by atoms with E-state index >= 15 is 0 Å². The van der Waals surface area contributed by atoms with E-state index in [-0.39, 0.29) is 10.5 Å². The second-order valence-corrected chi connectivity index (χ2v) is 3.82. The number of nitrogens with zero attached hydrogens (tertiary/aromatic N) is 2. The molecule has 0 aliphatic carbocycles. The normalized spacial score (nSPS) is 12.3. The van der Waals surface area contributed by atoms with Crippen LogP contribution in [0.3, 0.4) is 0 Å². The van der Waals surface area contributed by atoms with E-state index in [9.17, 15) is 18.0 Å². The Labute approximate surface area is 85.8 Å². The first-order chi connectivity index (χ1) is 6.91. The van der Waals surface area contributed by atoms with Gasteiger partial charge in [0.1, 0.15) is 0 Å². The molecule has 3 nitrogen and oxygen atoms in total. The summed E-state index contributed by atoms with van der Waals surface area (Å²) in [5, 5.41) is 1.52. The molecule has 2 rings (SSSR count). The van der Waals surface area contributed by atoms with Gasteiger partial charge in [0.2, 0.25) is 0 Å². The predicted octanol–water partition coefficient (Wildman–Crippen LogP) is 2.08. The number of halogens is 3. The maximum absolute atomic E-state index is 12.5. The summed E-state index contributed by atoms with van der Waals surface area (Å²) < 4.78 is 38.5. The zero-order valence-corrected chi connectivity index (χ0v) is 8.32. The van der Waals surface area contributed by atoms with Crippen LogP contribution >= 0.6 is 11.3 Å². The van der Waals surface area contributed by atoms with Crippen molar-refractivity contribution < 1.29 is 13.2 Å². The van der Waals surface area contributed by atoms with Crippen LogP contribution < -0.4 is 5.56 Å². The van der Waals surface area contributed by atoms with Gasteiger partial charge in [-0.2, -0.15) is 13.2 Å². The van der Waals surface area contributed by atoms with Gasteiger partial charge in [-0.05, 0) is 6.92 Å². The highest BCUT2D eigenvalue weighted by Gasteiger charge is 2.36. The van der Waals surface area contributed by atoms with E-state index in [4.69, 9.17) is 0 Å². The number of fused-ring (bicyclic) bond motifs is 1. The summed E-state index contributed by atoms with van der Waals surface area (Å²) in [6, 6.07) is 0. The quantitative estimate of drug-likeness (QED) is 0.699. The van der Waals surface area contributed by atoms with Gasteiger partial charge < -0.3 is 0 Å². The summed E-state index contributed by atoms with van der Waals surface area (Å²) in [6.07, 6.45) is -3.18. The van der Waals surface area contributed by atoms with E-state index in [1.54, 1.807) is 0 Å². The van der Waals surface area contributed by atoms with Crippen molar-refractivity contribution in [3.63, 3.8) is 0 Å². The Bertz CT molecular complexity index is 569. The van der Waals surface area contributed by atoms with Crippen LogP contribution in [0, 0.1) is 6.92 Å². The molecule has 0 saturated carbocycles. The van der Waals surface area contributed by atoms with E-state index in [1.807, 2.05) is 0 Å². The van der Waals surface area contributed by atoms with Crippen molar-refractivity contribution in [1.82, 2.24) is 9.38 Å². The maximum atomic E-state index is 12.5. The number of rotatable bonds is 0. The lowest BCUT2D eigenvalue weighted by Crippen LogP contribution is -2.23. The maximum Gasteiger partial charge on any atom is 0.433 e. The Morgan fingerprint density at radius 2 is 2.13 bits per heavy atom. The van der Waals surface area contributed by atoms with Crippen molar-refractivity contribution >= 4 is 16.3 Å². The summed E-state index contributed by atoms with van der Waals surface area (Å²) >= 11 is 0.992. The van der Waals surface area contributed by atoms with Gasteiger partial charge in [-0.1, -0.05) is 0 Å². The third-order valence-electron chi connectivity index (χ3n) is 1.96. The van der Waals surface area contributed by atoms with Crippen molar-refractivity contribution in [3.05, 3.63) is 33.2 Å². The van der Waals surface area contributed by atoms with E-state index < -0.39 is 17.4 Å². The lowest BCUT2D eigenvalue weighted by Gasteiger charge is -2.08. The number of hydrogen-bond donors (Lipinski definition) is 0. The minimum Gasteiger partial charge on any atom is -0.269 e. The van der Waals surface area contributed by atoms with E-state index in [1.165, 1.54) is 11.6 Å². The average molecular weight is 234 g/mol. The van der Waals surface area contributed by atoms with Gasteiger partial charge in [-0.3, -0.25) is 9.20 Å². The molecule has 0 amide bonds. The van der Waals surface area contributed by atoms with Crippen molar-refractivity contribution in [2.75, 3.05) is 0 Å². The fourth-order valence-corrected chi connectivity index (χ4v) is 1.95. The smallest absolute Gasteiger partial charge is 0.269 e. The third kappa shape index (κ3) is 1.52. The van der Waals surface area contributed by atoms with Crippen LogP contribution in [-0.2, 0) is 6.18 Å². The molecule has 0 N–H and O–H groups in total. The van der Waals surface area contributed by atoms with Crippen molar-refractivity contribution in [2.24, 2.45) is 0 Å². The van der Waals surface area contributed by atoms with E-state index in [0.717, 1.165) is 22.7 Å². The molecule has 0 unspecified atom stereocenters. The Balaban J connectivity index is 2.88. The molecule has 0 atom stereocenters. The molecule has 0 radical (unpaired) electrons. The van der Waals surface area contributed by atoms with Gasteiger partial charge in [0.05, 0.1) is 0 Å². The van der Waals surface area contributed by atoms with Gasteiger partial charge in [0.15, 0.2) is 10.7 Å². The van der Waals surface area contributed by atoms with Crippen LogP contribution in [0.15, 0.2) is 16.4 Å². The summed E-state index contributed by atoms with van der Waals surface area (Å²) in [7, 11) is 0. The van der Waals surface area contributed by atoms with Crippen LogP contribution in [0.5, 0.6) is 0 Å². The van der Waals surface area contributed by atoms with E-state index in [2.05, 4.69) is 4.98 Å². The van der Waals surface area contributed by atoms with Crippen molar-refractivity contribution in [1.29, 1.82) is 0 Å². The predicted molar refractivity (Wildman–Crippen MR) is 49.1 cm³/mol. The first-order valence-electron chi connectivity index (χ1n) is 3.95. The summed E-state index contributed by atoms with van der Waals surface area (Å²) in [6.45, 7) is 1.13. The van der Waals surface area contributed by atoms with Crippen LogP contribution in [0.4, 0.5) is 13.2 Å². The first-order valence-corrected chi connectivity index (χ1v) is 4.83. The first kappa shape index (κ1) is 10.2.